The number of hydrogen-bond donors (Lipinski definition) is 3. The molecule has 0 amide bonds. The van der Waals surface area contributed by atoms with Crippen molar-refractivity contribution < 1.29 is 5.11 Å². The molecule has 2 rings (SSSR count). The zero-order valence-corrected chi connectivity index (χ0v) is 15.3. The second-order valence-electron chi connectivity index (χ2n) is 4.87. The minimum absolute atomic E-state index is 0.0419. The molecule has 124 valence electrons. The number of aliphatic hydroxyl groups excluding tert-OH is 1. The van der Waals surface area contributed by atoms with Gasteiger partial charge < -0.3 is 15.1 Å². The molecule has 3 N–H and O–H groups in total. The van der Waals surface area contributed by atoms with Gasteiger partial charge in [0.2, 0.25) is 0 Å². The van der Waals surface area contributed by atoms with E-state index in [-0.39, 0.29) is 12.6 Å². The van der Waals surface area contributed by atoms with Crippen molar-refractivity contribution in [3.8, 4) is 0 Å². The van der Waals surface area contributed by atoms with Gasteiger partial charge in [-0.1, -0.05) is 47.4 Å². The molecule has 1 aromatic heterocycles. The first-order valence-electron chi connectivity index (χ1n) is 7.03. The van der Waals surface area contributed by atoms with Crippen LogP contribution < -0.4 is 10.0 Å². The number of aromatic nitrogens is 2. The number of nitrogens with zero attached hydrogens (tertiary/aromatic N) is 2. The fourth-order valence-corrected chi connectivity index (χ4v) is 3.12. The Morgan fingerprint density at radius 2 is 2.04 bits per heavy atom. The van der Waals surface area contributed by atoms with Gasteiger partial charge in [-0.2, -0.15) is 0 Å². The Hall–Kier alpha value is -1.15. The van der Waals surface area contributed by atoms with Gasteiger partial charge in [-0.15, -0.1) is 0 Å². The number of anilines is 2. The number of nitrogens with one attached hydrogen (secondary N) is 2. The molecule has 0 saturated heterocycles. The number of aliphatic hydroxyl groups is 1. The van der Waals surface area contributed by atoms with Crippen LogP contribution in [0.5, 0.6) is 0 Å². The molecule has 0 fully saturated rings. The molecule has 1 atom stereocenters. The Morgan fingerprint density at radius 1 is 1.26 bits per heavy atom. The van der Waals surface area contributed by atoms with E-state index in [1.807, 2.05) is 43.5 Å². The zero-order valence-electron chi connectivity index (χ0n) is 12.9. The highest BCUT2D eigenvalue weighted by Crippen LogP contribution is 2.25. The molecule has 0 unspecified atom stereocenters. The lowest BCUT2D eigenvalue weighted by Gasteiger charge is -2.13. The predicted molar refractivity (Wildman–Crippen MR) is 100 cm³/mol. The van der Waals surface area contributed by atoms with Crippen LogP contribution >= 0.6 is 35.3 Å². The highest BCUT2D eigenvalue weighted by Gasteiger charge is 2.08. The fourth-order valence-electron chi connectivity index (χ4n) is 1.79. The van der Waals surface area contributed by atoms with Gasteiger partial charge in [0, 0.05) is 29.1 Å². The van der Waals surface area contributed by atoms with E-state index in [4.69, 9.17) is 11.6 Å². The van der Waals surface area contributed by atoms with Crippen LogP contribution in [-0.2, 0) is 5.75 Å². The monoisotopic (exact) mass is 370 g/mol. The lowest BCUT2D eigenvalue weighted by Crippen LogP contribution is -2.20. The van der Waals surface area contributed by atoms with E-state index in [1.54, 1.807) is 0 Å². The maximum Gasteiger partial charge on any atom is 0.191 e. The lowest BCUT2D eigenvalue weighted by atomic mass is 10.2. The lowest BCUT2D eigenvalue weighted by molar-refractivity contribution is 0.281. The van der Waals surface area contributed by atoms with Crippen LogP contribution in [0.4, 0.5) is 11.6 Å². The van der Waals surface area contributed by atoms with Crippen molar-refractivity contribution in [2.75, 3.05) is 22.9 Å². The van der Waals surface area contributed by atoms with E-state index >= 15 is 0 Å². The van der Waals surface area contributed by atoms with Crippen LogP contribution in [0, 0.1) is 0 Å². The Labute approximate surface area is 149 Å². The zero-order chi connectivity index (χ0) is 16.7. The summed E-state index contributed by atoms with van der Waals surface area (Å²) in [5.74, 6) is 2.15. The third-order valence-corrected chi connectivity index (χ3v) is 4.40. The summed E-state index contributed by atoms with van der Waals surface area (Å²) >= 11 is 9.01. The molecule has 0 spiro atoms. The maximum absolute atomic E-state index is 9.17. The van der Waals surface area contributed by atoms with Crippen LogP contribution in [0.15, 0.2) is 35.5 Å². The maximum atomic E-state index is 9.17. The summed E-state index contributed by atoms with van der Waals surface area (Å²) in [6.45, 7) is 1.93. The normalized spacial score (nSPS) is 12.0. The largest absolute Gasteiger partial charge is 0.394 e. The molecule has 0 saturated carbocycles. The van der Waals surface area contributed by atoms with Crippen LogP contribution in [0.3, 0.4) is 0 Å². The third kappa shape index (κ3) is 6.10. The van der Waals surface area contributed by atoms with Crippen molar-refractivity contribution in [2.45, 2.75) is 23.9 Å². The standard InChI is InChI=1S/C15H19ClN4OS2/c1-10(8-21)17-13-7-14(20-22-2)19-15(18-13)23-9-11-4-3-5-12(16)6-11/h3-7,10,21H,8-9H2,1-2H3,(H2,17,18,19,20)/t10-/m1/s1. The number of benzene rings is 1. The number of hydrogen-bond acceptors (Lipinski definition) is 7. The molecule has 1 aromatic carbocycles. The molecular formula is C15H19ClN4OS2. The quantitative estimate of drug-likeness (QED) is 0.369. The van der Waals surface area contributed by atoms with Gasteiger partial charge in [0.25, 0.3) is 0 Å². The molecule has 0 bridgehead atoms. The van der Waals surface area contributed by atoms with E-state index < -0.39 is 0 Å². The minimum atomic E-state index is -0.0715. The van der Waals surface area contributed by atoms with E-state index in [9.17, 15) is 5.11 Å². The van der Waals surface area contributed by atoms with Crippen LogP contribution in [0.2, 0.25) is 5.02 Å². The van der Waals surface area contributed by atoms with Gasteiger partial charge in [0.1, 0.15) is 11.6 Å². The summed E-state index contributed by atoms with van der Waals surface area (Å²) < 4.78 is 3.12. The van der Waals surface area contributed by atoms with Crippen molar-refractivity contribution in [2.24, 2.45) is 0 Å². The Bertz CT molecular complexity index is 645. The van der Waals surface area contributed by atoms with Gasteiger partial charge in [0.15, 0.2) is 5.16 Å². The van der Waals surface area contributed by atoms with Crippen molar-refractivity contribution in [1.82, 2.24) is 9.97 Å². The number of thioether (sulfide) groups is 1. The summed E-state index contributed by atoms with van der Waals surface area (Å²) in [5.41, 5.74) is 1.12. The second kappa shape index (κ2) is 9.22. The van der Waals surface area contributed by atoms with Crippen LogP contribution in [0.25, 0.3) is 0 Å². The summed E-state index contributed by atoms with van der Waals surface area (Å²) in [4.78, 5) is 8.97. The number of rotatable bonds is 8. The SMILES string of the molecule is CSNc1cc(N[C@H](C)CO)nc(SCc2cccc(Cl)c2)n1. The van der Waals surface area contributed by atoms with Crippen molar-refractivity contribution in [1.29, 1.82) is 0 Å². The van der Waals surface area contributed by atoms with Crippen molar-refractivity contribution in [3.63, 3.8) is 0 Å². The Balaban J connectivity index is 2.12. The smallest absolute Gasteiger partial charge is 0.191 e. The van der Waals surface area contributed by atoms with E-state index in [0.717, 1.165) is 22.2 Å². The third-order valence-electron chi connectivity index (χ3n) is 2.84. The van der Waals surface area contributed by atoms with E-state index in [0.29, 0.717) is 11.0 Å². The molecule has 0 aliphatic heterocycles. The molecule has 2 aromatic rings. The topological polar surface area (TPSA) is 70.1 Å². The predicted octanol–water partition coefficient (Wildman–Crippen LogP) is 3.90. The molecule has 0 aliphatic carbocycles. The molecular weight excluding hydrogens is 352 g/mol. The highest BCUT2D eigenvalue weighted by molar-refractivity contribution is 7.99. The minimum Gasteiger partial charge on any atom is -0.394 e. The van der Waals surface area contributed by atoms with Gasteiger partial charge in [-0.05, 0) is 24.6 Å². The van der Waals surface area contributed by atoms with Gasteiger partial charge in [-0.25, -0.2) is 9.97 Å². The first-order valence-corrected chi connectivity index (χ1v) is 9.62. The average molecular weight is 371 g/mol. The number of halogens is 1. The van der Waals surface area contributed by atoms with E-state index in [2.05, 4.69) is 20.0 Å². The average Bonchev–Trinajstić information content (AvgIpc) is 2.53. The molecule has 0 aliphatic rings. The molecule has 0 radical (unpaired) electrons. The van der Waals surface area contributed by atoms with Crippen LogP contribution in [0.1, 0.15) is 12.5 Å². The van der Waals surface area contributed by atoms with Gasteiger partial charge >= 0.3 is 0 Å². The highest BCUT2D eigenvalue weighted by atomic mass is 35.5. The van der Waals surface area contributed by atoms with Gasteiger partial charge in [0.05, 0.1) is 6.61 Å². The van der Waals surface area contributed by atoms with Crippen molar-refractivity contribution in [3.05, 3.63) is 40.9 Å². The first-order chi connectivity index (χ1) is 11.1. The van der Waals surface area contributed by atoms with E-state index in [1.165, 1.54) is 23.7 Å². The van der Waals surface area contributed by atoms with Crippen molar-refractivity contribution >= 4 is 46.9 Å². The molecule has 23 heavy (non-hydrogen) atoms. The summed E-state index contributed by atoms with van der Waals surface area (Å²) in [6, 6.07) is 9.50. The first kappa shape index (κ1) is 18.2. The van der Waals surface area contributed by atoms with Gasteiger partial charge in [-0.3, -0.25) is 0 Å². The Kier molecular flexibility index (Phi) is 7.29. The van der Waals surface area contributed by atoms with Crippen LogP contribution in [-0.4, -0.2) is 34.0 Å². The summed E-state index contributed by atoms with van der Waals surface area (Å²) in [5, 5.41) is 13.7. The summed E-state index contributed by atoms with van der Waals surface area (Å²) in [7, 11) is 0. The molecule has 1 heterocycles. The molecule has 5 nitrogen and oxygen atoms in total. The Morgan fingerprint density at radius 3 is 2.74 bits per heavy atom. The molecule has 8 heteroatoms. The summed E-state index contributed by atoms with van der Waals surface area (Å²) in [6.07, 6.45) is 1.93. The fraction of sp³-hybridized carbons (Fsp3) is 0.333. The second-order valence-corrected chi connectivity index (χ2v) is 6.87.